The third-order valence-corrected chi connectivity index (χ3v) is 6.85. The van der Waals surface area contributed by atoms with Crippen molar-refractivity contribution in [1.29, 1.82) is 0 Å². The number of nitrogens with one attached hydrogen (secondary N) is 1. The van der Waals surface area contributed by atoms with Gasteiger partial charge in [0.05, 0.1) is 0 Å². The van der Waals surface area contributed by atoms with E-state index in [0.29, 0.717) is 23.3 Å². The highest BCUT2D eigenvalue weighted by Gasteiger charge is 2.54. The van der Waals surface area contributed by atoms with E-state index in [-0.39, 0.29) is 11.4 Å². The highest BCUT2D eigenvalue weighted by Crippen LogP contribution is 2.40. The second-order valence-corrected chi connectivity index (χ2v) is 8.84. The zero-order valence-corrected chi connectivity index (χ0v) is 18.4. The Kier molecular flexibility index (Phi) is 6.52. The third-order valence-electron chi connectivity index (χ3n) is 5.55. The van der Waals surface area contributed by atoms with Gasteiger partial charge in [0.1, 0.15) is 28.9 Å². The molecule has 0 radical (unpaired) electrons. The highest BCUT2D eigenvalue weighted by molar-refractivity contribution is 8.00. The van der Waals surface area contributed by atoms with Crippen LogP contribution in [0, 0.1) is 0 Å². The molecule has 8 nitrogen and oxygen atoms in total. The Morgan fingerprint density at radius 2 is 1.88 bits per heavy atom. The molecule has 9 heteroatoms. The van der Waals surface area contributed by atoms with Crippen molar-refractivity contribution in [2.24, 2.45) is 5.73 Å². The standard InChI is InChI=1S/C24H23N3O5S/c25-18(15-9-11-17(28)12-10-15)21(29)26-19-22(30)27-20(24(31)32)16(13-33-23(19)27)8-4-7-14-5-2-1-3-6-14/h1-6,8-12,18-19,23,28H,7,13,25H2,(H,26,29)(H,31,32)/b8-4-/t18?,19-,23+/m1/s1. The molecule has 2 aliphatic rings. The summed E-state index contributed by atoms with van der Waals surface area (Å²) in [7, 11) is 0. The number of aliphatic carboxylic acids is 1. The van der Waals surface area contributed by atoms with E-state index in [2.05, 4.69) is 5.32 Å². The van der Waals surface area contributed by atoms with Gasteiger partial charge in [0.25, 0.3) is 5.91 Å². The van der Waals surface area contributed by atoms with Gasteiger partial charge in [0.2, 0.25) is 5.91 Å². The summed E-state index contributed by atoms with van der Waals surface area (Å²) in [5, 5.41) is 21.3. The number of amides is 2. The molecule has 2 amide bonds. The minimum atomic E-state index is -1.18. The number of thioether (sulfide) groups is 1. The maximum Gasteiger partial charge on any atom is 0.352 e. The predicted octanol–water partition coefficient (Wildman–Crippen LogP) is 1.93. The lowest BCUT2D eigenvalue weighted by Gasteiger charge is -2.49. The van der Waals surface area contributed by atoms with Gasteiger partial charge >= 0.3 is 5.97 Å². The van der Waals surface area contributed by atoms with E-state index in [9.17, 15) is 24.6 Å². The minimum absolute atomic E-state index is 0.0522. The summed E-state index contributed by atoms with van der Waals surface area (Å²) in [6.07, 6.45) is 4.28. The van der Waals surface area contributed by atoms with Crippen LogP contribution in [-0.2, 0) is 20.8 Å². The number of rotatable bonds is 7. The maximum absolute atomic E-state index is 12.8. The molecule has 2 aromatic rings. The van der Waals surface area contributed by atoms with Crippen molar-refractivity contribution >= 4 is 29.5 Å². The Morgan fingerprint density at radius 3 is 2.55 bits per heavy atom. The highest BCUT2D eigenvalue weighted by atomic mass is 32.2. The number of benzene rings is 2. The molecule has 0 aromatic heterocycles. The summed E-state index contributed by atoms with van der Waals surface area (Å²) >= 11 is 1.40. The summed E-state index contributed by atoms with van der Waals surface area (Å²) in [4.78, 5) is 38.6. The molecule has 2 aliphatic heterocycles. The number of hydrogen-bond donors (Lipinski definition) is 4. The third kappa shape index (κ3) is 4.64. The van der Waals surface area contributed by atoms with Gasteiger partial charge in [-0.25, -0.2) is 4.79 Å². The van der Waals surface area contributed by atoms with E-state index in [0.717, 1.165) is 5.56 Å². The lowest BCUT2D eigenvalue weighted by molar-refractivity contribution is -0.150. The van der Waals surface area contributed by atoms with Crippen LogP contribution in [0.25, 0.3) is 0 Å². The summed E-state index contributed by atoms with van der Waals surface area (Å²) in [6.45, 7) is 0. The number of nitrogens with two attached hydrogens (primary N) is 1. The van der Waals surface area contributed by atoms with Crippen LogP contribution in [-0.4, -0.2) is 50.1 Å². The number of hydrogen-bond acceptors (Lipinski definition) is 6. The molecule has 33 heavy (non-hydrogen) atoms. The fourth-order valence-electron chi connectivity index (χ4n) is 3.80. The average Bonchev–Trinajstić information content (AvgIpc) is 2.82. The molecule has 1 saturated heterocycles. The lowest BCUT2D eigenvalue weighted by Crippen LogP contribution is -2.71. The fraction of sp³-hybridized carbons (Fsp3) is 0.208. The van der Waals surface area contributed by atoms with Crippen LogP contribution in [0.15, 0.2) is 78.0 Å². The Hall–Kier alpha value is -3.56. The number of carboxylic acids is 1. The number of phenols is 1. The van der Waals surface area contributed by atoms with Gasteiger partial charge in [-0.05, 0) is 35.3 Å². The molecule has 170 valence electrons. The Balaban J connectivity index is 1.45. The Labute approximate surface area is 194 Å². The van der Waals surface area contributed by atoms with E-state index < -0.39 is 35.2 Å². The monoisotopic (exact) mass is 465 g/mol. The van der Waals surface area contributed by atoms with Crippen LogP contribution in [0.3, 0.4) is 0 Å². The largest absolute Gasteiger partial charge is 0.508 e. The van der Waals surface area contributed by atoms with Crippen molar-refractivity contribution in [3.8, 4) is 5.75 Å². The Bertz CT molecular complexity index is 1130. The van der Waals surface area contributed by atoms with Crippen LogP contribution in [0.4, 0.5) is 0 Å². The number of fused-ring (bicyclic) bond motifs is 1. The molecule has 0 saturated carbocycles. The van der Waals surface area contributed by atoms with Gasteiger partial charge in [-0.1, -0.05) is 54.6 Å². The quantitative estimate of drug-likeness (QED) is 0.459. The van der Waals surface area contributed by atoms with Crippen molar-refractivity contribution in [3.05, 3.63) is 89.1 Å². The van der Waals surface area contributed by atoms with Gasteiger partial charge in [0.15, 0.2) is 0 Å². The molecule has 4 rings (SSSR count). The van der Waals surface area contributed by atoms with E-state index in [1.54, 1.807) is 6.08 Å². The lowest BCUT2D eigenvalue weighted by atomic mass is 10.0. The van der Waals surface area contributed by atoms with E-state index in [1.165, 1.54) is 40.9 Å². The van der Waals surface area contributed by atoms with Crippen LogP contribution < -0.4 is 11.1 Å². The minimum Gasteiger partial charge on any atom is -0.508 e. The van der Waals surface area contributed by atoms with Crippen molar-refractivity contribution < 1.29 is 24.6 Å². The van der Waals surface area contributed by atoms with Gasteiger partial charge < -0.3 is 21.3 Å². The number of β-lactam (4-membered cyclic amide) rings is 1. The first-order valence-electron chi connectivity index (χ1n) is 10.3. The predicted molar refractivity (Wildman–Crippen MR) is 124 cm³/mol. The zero-order valence-electron chi connectivity index (χ0n) is 17.5. The number of allylic oxidation sites excluding steroid dienone is 2. The Morgan fingerprint density at radius 1 is 1.18 bits per heavy atom. The molecule has 1 unspecified atom stereocenters. The maximum atomic E-state index is 12.8. The van der Waals surface area contributed by atoms with Gasteiger partial charge in [-0.2, -0.15) is 0 Å². The normalized spacial score (nSPS) is 20.9. The van der Waals surface area contributed by atoms with E-state index >= 15 is 0 Å². The molecule has 0 spiro atoms. The van der Waals surface area contributed by atoms with Gasteiger partial charge in [-0.3, -0.25) is 14.5 Å². The molecular weight excluding hydrogens is 442 g/mol. The summed E-state index contributed by atoms with van der Waals surface area (Å²) in [6, 6.07) is 13.8. The fourth-order valence-corrected chi connectivity index (χ4v) is 5.12. The first kappa shape index (κ1) is 22.6. The van der Waals surface area contributed by atoms with Crippen LogP contribution in [0.1, 0.15) is 17.2 Å². The van der Waals surface area contributed by atoms with Crippen LogP contribution in [0.2, 0.25) is 0 Å². The van der Waals surface area contributed by atoms with Crippen molar-refractivity contribution in [2.75, 3.05) is 5.75 Å². The smallest absolute Gasteiger partial charge is 0.352 e. The molecule has 0 aliphatic carbocycles. The second-order valence-electron chi connectivity index (χ2n) is 7.74. The molecule has 0 bridgehead atoms. The van der Waals surface area contributed by atoms with Crippen LogP contribution >= 0.6 is 11.8 Å². The second kappa shape index (κ2) is 9.51. The van der Waals surface area contributed by atoms with E-state index in [4.69, 9.17) is 5.73 Å². The first-order chi connectivity index (χ1) is 15.9. The van der Waals surface area contributed by atoms with Gasteiger partial charge in [0, 0.05) is 5.75 Å². The zero-order chi connectivity index (χ0) is 23.5. The summed E-state index contributed by atoms with van der Waals surface area (Å²) in [5.41, 5.74) is 8.08. The topological polar surface area (TPSA) is 133 Å². The van der Waals surface area contributed by atoms with Crippen molar-refractivity contribution in [1.82, 2.24) is 10.2 Å². The number of carbonyl (C=O) groups is 3. The van der Waals surface area contributed by atoms with Gasteiger partial charge in [-0.15, -0.1) is 11.8 Å². The SMILES string of the molecule is NC(C(=O)N[C@@H]1C(=O)N2C(C(=O)O)=C(/C=C\Cc3ccccc3)CS[C@@H]12)c1ccc(O)cc1. The van der Waals surface area contributed by atoms with Crippen LogP contribution in [0.5, 0.6) is 5.75 Å². The first-order valence-corrected chi connectivity index (χ1v) is 11.4. The molecular formula is C24H23N3O5S. The summed E-state index contributed by atoms with van der Waals surface area (Å²) < 4.78 is 0. The number of carboxylic acid groups (broad SMARTS) is 1. The molecule has 2 heterocycles. The number of phenolic OH excluding ortho intramolecular Hbond substituents is 1. The molecule has 3 atom stereocenters. The molecule has 2 aromatic carbocycles. The average molecular weight is 466 g/mol. The molecule has 5 N–H and O–H groups in total. The molecule has 1 fully saturated rings. The number of carbonyl (C=O) groups excluding carboxylic acids is 2. The van der Waals surface area contributed by atoms with E-state index in [1.807, 2.05) is 36.4 Å². The van der Waals surface area contributed by atoms with Crippen molar-refractivity contribution in [2.45, 2.75) is 23.9 Å². The number of aromatic hydroxyl groups is 1. The number of nitrogens with zero attached hydrogens (tertiary/aromatic N) is 1. The van der Waals surface area contributed by atoms with Crippen molar-refractivity contribution in [3.63, 3.8) is 0 Å². The summed E-state index contributed by atoms with van der Waals surface area (Å²) in [5.74, 6) is -1.76.